The number of amides is 1. The van der Waals surface area contributed by atoms with Crippen molar-refractivity contribution in [3.63, 3.8) is 0 Å². The summed E-state index contributed by atoms with van der Waals surface area (Å²) in [5, 5.41) is 12.8. The quantitative estimate of drug-likeness (QED) is 0.154. The van der Waals surface area contributed by atoms with E-state index in [1.807, 2.05) is 0 Å². The van der Waals surface area contributed by atoms with Gasteiger partial charge >= 0.3 is 0 Å². The van der Waals surface area contributed by atoms with Gasteiger partial charge in [0.25, 0.3) is 10.1 Å². The zero-order valence-electron chi connectivity index (χ0n) is 18.4. The normalized spacial score (nSPS) is 14.2. The standard InChI is InChI=1S/C22H43NO5S/c1-3-5-7-9-10-11-12-14-16-18-22(25)23-20(19-29(26,27)28)21(24)17-15-13-8-6-4-2/h15,17,20-21,24H,3-14,16,18-19H2,1-2H3,(H,23,25)(H,26,27,28)/b17-15+. The minimum absolute atomic E-state index is 0.292. The number of unbranched alkanes of at least 4 members (excludes halogenated alkanes) is 11. The predicted octanol–water partition coefficient (Wildman–Crippen LogP) is 4.78. The number of hydrogen-bond donors (Lipinski definition) is 3. The van der Waals surface area contributed by atoms with Crippen LogP contribution in [-0.2, 0) is 14.9 Å². The van der Waals surface area contributed by atoms with Gasteiger partial charge in [-0.15, -0.1) is 0 Å². The van der Waals surface area contributed by atoms with Crippen molar-refractivity contribution < 1.29 is 22.9 Å². The van der Waals surface area contributed by atoms with Crippen LogP contribution in [0.4, 0.5) is 0 Å². The Bertz CT molecular complexity index is 533. The fourth-order valence-electron chi connectivity index (χ4n) is 3.21. The molecule has 0 bridgehead atoms. The van der Waals surface area contributed by atoms with Crippen LogP contribution in [0.1, 0.15) is 104 Å². The van der Waals surface area contributed by atoms with Gasteiger partial charge in [0.2, 0.25) is 5.91 Å². The molecule has 0 aromatic carbocycles. The van der Waals surface area contributed by atoms with E-state index in [4.69, 9.17) is 4.55 Å². The van der Waals surface area contributed by atoms with Gasteiger partial charge in [-0.05, 0) is 19.3 Å². The van der Waals surface area contributed by atoms with Gasteiger partial charge in [-0.1, -0.05) is 90.2 Å². The summed E-state index contributed by atoms with van der Waals surface area (Å²) in [6.45, 7) is 4.30. The Morgan fingerprint density at radius 1 is 0.897 bits per heavy atom. The van der Waals surface area contributed by atoms with Crippen molar-refractivity contribution in [3.05, 3.63) is 12.2 Å². The van der Waals surface area contributed by atoms with Crippen LogP contribution >= 0.6 is 0 Å². The number of rotatable bonds is 19. The molecule has 0 rings (SSSR count). The molecule has 2 atom stereocenters. The van der Waals surface area contributed by atoms with E-state index in [0.29, 0.717) is 6.42 Å². The molecule has 0 fully saturated rings. The third-order valence-electron chi connectivity index (χ3n) is 4.96. The van der Waals surface area contributed by atoms with Gasteiger partial charge in [-0.25, -0.2) is 0 Å². The fraction of sp³-hybridized carbons (Fsp3) is 0.864. The maximum atomic E-state index is 12.1. The molecule has 0 aliphatic carbocycles. The molecule has 0 aromatic rings. The van der Waals surface area contributed by atoms with Crippen molar-refractivity contribution >= 4 is 16.0 Å². The smallest absolute Gasteiger partial charge is 0.267 e. The number of hydrogen-bond acceptors (Lipinski definition) is 4. The minimum atomic E-state index is -4.30. The molecule has 0 saturated carbocycles. The second kappa shape index (κ2) is 17.9. The maximum absolute atomic E-state index is 12.1. The Morgan fingerprint density at radius 2 is 1.41 bits per heavy atom. The third kappa shape index (κ3) is 18.8. The molecule has 0 aliphatic heterocycles. The summed E-state index contributed by atoms with van der Waals surface area (Å²) in [4.78, 5) is 12.1. The second-order valence-electron chi connectivity index (χ2n) is 7.92. The molecule has 0 saturated heterocycles. The zero-order chi connectivity index (χ0) is 22.0. The van der Waals surface area contributed by atoms with Crippen molar-refractivity contribution in [1.82, 2.24) is 5.32 Å². The number of carbonyl (C=O) groups excluding carboxylic acids is 1. The lowest BCUT2D eigenvalue weighted by molar-refractivity contribution is -0.122. The number of carbonyl (C=O) groups is 1. The topological polar surface area (TPSA) is 104 Å². The summed E-state index contributed by atoms with van der Waals surface area (Å²) in [5.41, 5.74) is 0. The molecule has 1 amide bonds. The van der Waals surface area contributed by atoms with Gasteiger partial charge in [-0.3, -0.25) is 9.35 Å². The minimum Gasteiger partial charge on any atom is -0.387 e. The van der Waals surface area contributed by atoms with Gasteiger partial charge < -0.3 is 10.4 Å². The first-order valence-electron chi connectivity index (χ1n) is 11.4. The van der Waals surface area contributed by atoms with Crippen LogP contribution in [0.5, 0.6) is 0 Å². The third-order valence-corrected chi connectivity index (χ3v) is 5.74. The monoisotopic (exact) mass is 433 g/mol. The van der Waals surface area contributed by atoms with Crippen LogP contribution in [-0.4, -0.2) is 41.9 Å². The van der Waals surface area contributed by atoms with E-state index in [1.54, 1.807) is 6.08 Å². The first-order chi connectivity index (χ1) is 13.8. The van der Waals surface area contributed by atoms with Crippen LogP contribution in [0.3, 0.4) is 0 Å². The van der Waals surface area contributed by atoms with E-state index in [0.717, 1.165) is 44.9 Å². The molecule has 6 nitrogen and oxygen atoms in total. The van der Waals surface area contributed by atoms with Crippen molar-refractivity contribution in [2.45, 2.75) is 116 Å². The lowest BCUT2D eigenvalue weighted by atomic mass is 10.1. The van der Waals surface area contributed by atoms with Crippen molar-refractivity contribution in [2.75, 3.05) is 5.75 Å². The van der Waals surface area contributed by atoms with Gasteiger partial charge in [-0.2, -0.15) is 8.42 Å². The summed E-state index contributed by atoms with van der Waals surface area (Å²) in [5.74, 6) is -0.989. The molecule has 0 spiro atoms. The molecule has 0 aromatic heterocycles. The lowest BCUT2D eigenvalue weighted by Crippen LogP contribution is -2.46. The highest BCUT2D eigenvalue weighted by atomic mass is 32.2. The Morgan fingerprint density at radius 3 is 1.97 bits per heavy atom. The molecule has 0 radical (unpaired) electrons. The largest absolute Gasteiger partial charge is 0.387 e. The maximum Gasteiger partial charge on any atom is 0.267 e. The van der Waals surface area contributed by atoms with E-state index >= 15 is 0 Å². The number of aliphatic hydroxyl groups excluding tert-OH is 1. The summed E-state index contributed by atoms with van der Waals surface area (Å²) in [7, 11) is -4.30. The van der Waals surface area contributed by atoms with Crippen LogP contribution in [0, 0.1) is 0 Å². The first kappa shape index (κ1) is 28.1. The Labute approximate surface area is 178 Å². The van der Waals surface area contributed by atoms with Gasteiger partial charge in [0.1, 0.15) is 0 Å². The second-order valence-corrected chi connectivity index (χ2v) is 9.41. The van der Waals surface area contributed by atoms with E-state index in [-0.39, 0.29) is 5.91 Å². The molecule has 29 heavy (non-hydrogen) atoms. The molecular formula is C22H43NO5S. The average Bonchev–Trinajstić information content (AvgIpc) is 2.64. The Balaban J connectivity index is 4.23. The highest BCUT2D eigenvalue weighted by Gasteiger charge is 2.24. The molecule has 0 heterocycles. The van der Waals surface area contributed by atoms with E-state index in [9.17, 15) is 18.3 Å². The van der Waals surface area contributed by atoms with Crippen LogP contribution in [0.25, 0.3) is 0 Å². The molecule has 7 heteroatoms. The summed E-state index contributed by atoms with van der Waals surface area (Å²) < 4.78 is 31.6. The van der Waals surface area contributed by atoms with Crippen molar-refractivity contribution in [3.8, 4) is 0 Å². The van der Waals surface area contributed by atoms with E-state index in [1.165, 1.54) is 44.6 Å². The molecule has 0 aliphatic rings. The fourth-order valence-corrected chi connectivity index (χ4v) is 3.94. The highest BCUT2D eigenvalue weighted by molar-refractivity contribution is 7.85. The average molecular weight is 434 g/mol. The van der Waals surface area contributed by atoms with Crippen LogP contribution in [0.2, 0.25) is 0 Å². The molecule has 2 unspecified atom stereocenters. The van der Waals surface area contributed by atoms with Gasteiger partial charge in [0.15, 0.2) is 0 Å². The predicted molar refractivity (Wildman–Crippen MR) is 119 cm³/mol. The number of aliphatic hydroxyl groups is 1. The summed E-state index contributed by atoms with van der Waals surface area (Å²) in [6, 6.07) is -1.04. The summed E-state index contributed by atoms with van der Waals surface area (Å²) in [6.07, 6.45) is 16.7. The molecule has 3 N–H and O–H groups in total. The molecular weight excluding hydrogens is 390 g/mol. The van der Waals surface area contributed by atoms with E-state index < -0.39 is 28.0 Å². The Kier molecular flexibility index (Phi) is 17.3. The van der Waals surface area contributed by atoms with E-state index in [2.05, 4.69) is 19.2 Å². The van der Waals surface area contributed by atoms with Gasteiger partial charge in [0.05, 0.1) is 17.9 Å². The van der Waals surface area contributed by atoms with Crippen molar-refractivity contribution in [1.29, 1.82) is 0 Å². The first-order valence-corrected chi connectivity index (χ1v) is 13.0. The van der Waals surface area contributed by atoms with Gasteiger partial charge in [0, 0.05) is 6.42 Å². The number of nitrogens with one attached hydrogen (secondary N) is 1. The highest BCUT2D eigenvalue weighted by Crippen LogP contribution is 2.11. The van der Waals surface area contributed by atoms with Crippen molar-refractivity contribution in [2.24, 2.45) is 0 Å². The van der Waals surface area contributed by atoms with Crippen LogP contribution in [0.15, 0.2) is 12.2 Å². The molecule has 172 valence electrons. The number of allylic oxidation sites excluding steroid dienone is 1. The lowest BCUT2D eigenvalue weighted by Gasteiger charge is -2.21. The summed E-state index contributed by atoms with van der Waals surface area (Å²) >= 11 is 0. The Hall–Kier alpha value is -0.920. The van der Waals surface area contributed by atoms with Crippen LogP contribution < -0.4 is 5.32 Å². The SMILES string of the molecule is CCCCC/C=C/C(O)C(CS(=O)(=O)O)NC(=O)CCCCCCCCCCC. The zero-order valence-corrected chi connectivity index (χ0v) is 19.3.